The third-order valence-corrected chi connectivity index (χ3v) is 12.0. The number of aliphatic hydroxyl groups excluding tert-OH is 3. The SMILES string of the molecule is CC[C@H]1OC(=O)[C@H](C)[C@@H](O[C@H]2C[C@@](C)(OC)[C@@H](O)[C@H](C)O2)[C@H](C)[C@@H](O[C@@H]2O[C@H](C)C[C@H](NC)[C@H]2O)[C@@](C)(OC)C[C@H](C)C(=O)[C@H](C)[C@@H](O)[C@]1(C)O. The number of likely N-dealkylation sites (N-methyl/N-ethyl adjacent to an activating group) is 1. The van der Waals surface area contributed by atoms with Crippen LogP contribution in [-0.4, -0.2) is 138 Å². The fourth-order valence-electron chi connectivity index (χ4n) is 8.38. The standard InChI is InChI=1S/C37H67NO13/c1-14-25-37(10,44)30(41)20(4)27(39)18(2)16-36(9,46-13)32(51-34-28(40)24(38-11)15-19(3)47-34)21(5)29(22(6)33(43)49-25)50-26-17-35(8,45-12)31(42)23(7)48-26/h18-26,28-32,34,38,40-42,44H,14-17H2,1-13H3/t18-,19+,20-,21-,22+,23-,24-,25+,26-,28+,29-,30+,31-,32+,34-,35+,36-,37+/m0/s1. The van der Waals surface area contributed by atoms with Crippen LogP contribution < -0.4 is 5.32 Å². The minimum atomic E-state index is -1.96. The zero-order valence-corrected chi connectivity index (χ0v) is 33.0. The average molecular weight is 734 g/mol. The molecule has 0 bridgehead atoms. The van der Waals surface area contributed by atoms with E-state index in [9.17, 15) is 30.0 Å². The maximum atomic E-state index is 14.1. The molecule has 3 rings (SSSR count). The van der Waals surface area contributed by atoms with Crippen LogP contribution in [0, 0.1) is 23.7 Å². The molecular formula is C37H67NO13. The Morgan fingerprint density at radius 2 is 1.47 bits per heavy atom. The van der Waals surface area contributed by atoms with Crippen LogP contribution in [-0.2, 0) is 42.7 Å². The second-order valence-electron chi connectivity index (χ2n) is 16.0. The van der Waals surface area contributed by atoms with Crippen molar-refractivity contribution in [1.29, 1.82) is 0 Å². The number of nitrogens with one attached hydrogen (secondary N) is 1. The van der Waals surface area contributed by atoms with Crippen LogP contribution in [0.15, 0.2) is 0 Å². The summed E-state index contributed by atoms with van der Waals surface area (Å²) in [5.41, 5.74) is -4.24. The first kappa shape index (κ1) is 44.1. The Balaban J connectivity index is 2.21. The molecule has 0 radical (unpaired) electrons. The lowest BCUT2D eigenvalue weighted by Crippen LogP contribution is -2.61. The largest absolute Gasteiger partial charge is 0.459 e. The third kappa shape index (κ3) is 9.33. The third-order valence-electron chi connectivity index (χ3n) is 12.0. The molecule has 0 aromatic heterocycles. The molecule has 0 saturated carbocycles. The number of esters is 1. The van der Waals surface area contributed by atoms with Crippen molar-refractivity contribution in [2.75, 3.05) is 21.3 Å². The van der Waals surface area contributed by atoms with E-state index in [0.29, 0.717) is 6.42 Å². The van der Waals surface area contributed by atoms with E-state index in [4.69, 9.17) is 33.2 Å². The summed E-state index contributed by atoms with van der Waals surface area (Å²) in [7, 11) is 4.75. The number of rotatable bonds is 8. The Kier molecular flexibility index (Phi) is 15.1. The number of Topliss-reactive ketones (excluding diaryl/α,β-unsaturated/α-hetero) is 1. The number of carbonyl (C=O) groups is 2. The topological polar surface area (TPSA) is 192 Å². The van der Waals surface area contributed by atoms with Crippen LogP contribution >= 0.6 is 0 Å². The highest BCUT2D eigenvalue weighted by molar-refractivity contribution is 5.83. The summed E-state index contributed by atoms with van der Waals surface area (Å²) in [6.07, 6.45) is -8.78. The Bertz CT molecular complexity index is 1160. The Hall–Kier alpha value is -1.30. The quantitative estimate of drug-likeness (QED) is 0.228. The minimum absolute atomic E-state index is 0.109. The Labute approximate surface area is 304 Å². The molecule has 18 atom stereocenters. The molecule has 0 aliphatic carbocycles. The van der Waals surface area contributed by atoms with Gasteiger partial charge in [-0.05, 0) is 67.9 Å². The summed E-state index contributed by atoms with van der Waals surface area (Å²) in [5, 5.41) is 48.4. The van der Waals surface area contributed by atoms with Gasteiger partial charge in [0.25, 0.3) is 0 Å². The molecule has 0 amide bonds. The molecule has 298 valence electrons. The van der Waals surface area contributed by atoms with Crippen molar-refractivity contribution in [3.8, 4) is 0 Å². The summed E-state index contributed by atoms with van der Waals surface area (Å²) < 4.78 is 43.7. The first-order valence-corrected chi connectivity index (χ1v) is 18.5. The van der Waals surface area contributed by atoms with Crippen molar-refractivity contribution in [3.63, 3.8) is 0 Å². The molecule has 5 N–H and O–H groups in total. The second kappa shape index (κ2) is 17.4. The maximum absolute atomic E-state index is 14.1. The number of cyclic esters (lactones) is 1. The van der Waals surface area contributed by atoms with Crippen molar-refractivity contribution in [3.05, 3.63) is 0 Å². The van der Waals surface area contributed by atoms with E-state index in [2.05, 4.69) is 5.32 Å². The van der Waals surface area contributed by atoms with Gasteiger partial charge in [-0.2, -0.15) is 0 Å². The molecular weight excluding hydrogens is 666 g/mol. The molecule has 3 heterocycles. The summed E-state index contributed by atoms with van der Waals surface area (Å²) in [6.45, 7) is 17.0. The van der Waals surface area contributed by atoms with Crippen LogP contribution in [0.5, 0.6) is 0 Å². The summed E-state index contributed by atoms with van der Waals surface area (Å²) in [5.74, 6) is -4.47. The van der Waals surface area contributed by atoms with Crippen LogP contribution in [0.4, 0.5) is 0 Å². The van der Waals surface area contributed by atoms with E-state index in [-0.39, 0.29) is 37.2 Å². The first-order valence-electron chi connectivity index (χ1n) is 18.5. The molecule has 0 spiro atoms. The fourth-order valence-corrected chi connectivity index (χ4v) is 8.38. The van der Waals surface area contributed by atoms with Crippen LogP contribution in [0.3, 0.4) is 0 Å². The molecule has 14 nitrogen and oxygen atoms in total. The highest BCUT2D eigenvalue weighted by Crippen LogP contribution is 2.41. The van der Waals surface area contributed by atoms with Gasteiger partial charge in [-0.25, -0.2) is 0 Å². The summed E-state index contributed by atoms with van der Waals surface area (Å²) in [6, 6.07) is -0.334. The van der Waals surface area contributed by atoms with Crippen LogP contribution in [0.1, 0.15) is 94.9 Å². The normalized spacial score (nSPS) is 49.6. The highest BCUT2D eigenvalue weighted by atomic mass is 16.7. The smallest absolute Gasteiger partial charge is 0.311 e. The second-order valence-corrected chi connectivity index (χ2v) is 16.0. The molecule has 14 heteroatoms. The first-order chi connectivity index (χ1) is 23.6. The Morgan fingerprint density at radius 1 is 0.863 bits per heavy atom. The number of hydrogen-bond donors (Lipinski definition) is 5. The van der Waals surface area contributed by atoms with Gasteiger partial charge >= 0.3 is 5.97 Å². The van der Waals surface area contributed by atoms with Crippen LogP contribution in [0.2, 0.25) is 0 Å². The predicted octanol–water partition coefficient (Wildman–Crippen LogP) is 2.10. The molecule has 3 aliphatic rings. The fraction of sp³-hybridized carbons (Fsp3) is 0.946. The minimum Gasteiger partial charge on any atom is -0.459 e. The van der Waals surface area contributed by atoms with Gasteiger partial charge in [0.2, 0.25) is 0 Å². The highest BCUT2D eigenvalue weighted by Gasteiger charge is 2.54. The lowest BCUT2D eigenvalue weighted by molar-refractivity contribution is -0.317. The number of ketones is 1. The molecule has 0 unspecified atom stereocenters. The van der Waals surface area contributed by atoms with E-state index < -0.39 is 102 Å². The average Bonchev–Trinajstić information content (AvgIpc) is 3.09. The van der Waals surface area contributed by atoms with Gasteiger partial charge in [0.1, 0.15) is 29.7 Å². The van der Waals surface area contributed by atoms with Gasteiger partial charge in [0.15, 0.2) is 12.6 Å². The number of ether oxygens (including phenoxy) is 7. The van der Waals surface area contributed by atoms with Gasteiger partial charge in [0.05, 0.1) is 47.6 Å². The lowest BCUT2D eigenvalue weighted by atomic mass is 9.74. The van der Waals surface area contributed by atoms with Gasteiger partial charge < -0.3 is 58.9 Å². The van der Waals surface area contributed by atoms with Crippen LogP contribution in [0.25, 0.3) is 0 Å². The van der Waals surface area contributed by atoms with Crippen molar-refractivity contribution in [2.45, 2.75) is 179 Å². The van der Waals surface area contributed by atoms with E-state index in [1.54, 1.807) is 55.5 Å². The number of carbonyl (C=O) groups excluding carboxylic acids is 2. The van der Waals surface area contributed by atoms with Gasteiger partial charge in [-0.3, -0.25) is 9.59 Å². The van der Waals surface area contributed by atoms with E-state index in [0.717, 1.165) is 0 Å². The molecule has 51 heavy (non-hydrogen) atoms. The van der Waals surface area contributed by atoms with Gasteiger partial charge in [0, 0.05) is 44.4 Å². The molecule has 3 aliphatic heterocycles. The molecule has 0 aromatic carbocycles. The van der Waals surface area contributed by atoms with Crippen molar-refractivity contribution < 1.29 is 63.2 Å². The van der Waals surface area contributed by atoms with E-state index in [1.807, 2.05) is 13.8 Å². The van der Waals surface area contributed by atoms with E-state index in [1.165, 1.54) is 21.1 Å². The number of aliphatic hydroxyl groups is 4. The van der Waals surface area contributed by atoms with Crippen molar-refractivity contribution in [2.24, 2.45) is 23.7 Å². The molecule has 0 aromatic rings. The van der Waals surface area contributed by atoms with E-state index >= 15 is 0 Å². The zero-order valence-electron chi connectivity index (χ0n) is 33.0. The Morgan fingerprint density at radius 3 is 2.02 bits per heavy atom. The summed E-state index contributed by atoms with van der Waals surface area (Å²) >= 11 is 0. The zero-order chi connectivity index (χ0) is 38.8. The number of hydrogen-bond acceptors (Lipinski definition) is 14. The number of methoxy groups -OCH3 is 2. The van der Waals surface area contributed by atoms with Crippen molar-refractivity contribution in [1.82, 2.24) is 5.32 Å². The monoisotopic (exact) mass is 733 g/mol. The van der Waals surface area contributed by atoms with Crippen molar-refractivity contribution >= 4 is 11.8 Å². The predicted molar refractivity (Wildman–Crippen MR) is 186 cm³/mol. The summed E-state index contributed by atoms with van der Waals surface area (Å²) in [4.78, 5) is 28.1. The lowest BCUT2D eigenvalue weighted by Gasteiger charge is -2.49. The molecule has 3 fully saturated rings. The van der Waals surface area contributed by atoms with Gasteiger partial charge in [-0.15, -0.1) is 0 Å². The maximum Gasteiger partial charge on any atom is 0.311 e. The molecule has 3 saturated heterocycles. The van der Waals surface area contributed by atoms with Gasteiger partial charge in [-0.1, -0.05) is 27.7 Å².